The number of benzene rings is 1. The van der Waals surface area contributed by atoms with Crippen LogP contribution in [0.5, 0.6) is 0 Å². The van der Waals surface area contributed by atoms with Gasteiger partial charge in [0, 0.05) is 10.5 Å². The minimum Gasteiger partial charge on any atom is -0.466 e. The highest BCUT2D eigenvalue weighted by molar-refractivity contribution is 9.10. The minimum atomic E-state index is -0.796. The average molecular weight is 399 g/mol. The van der Waals surface area contributed by atoms with E-state index in [-0.39, 0.29) is 35.9 Å². The highest BCUT2D eigenvalue weighted by Gasteiger charge is 2.33. The lowest BCUT2D eigenvalue weighted by molar-refractivity contribution is -0.140. The Morgan fingerprint density at radius 2 is 2.00 bits per heavy atom. The van der Waals surface area contributed by atoms with Gasteiger partial charge in [0.25, 0.3) is 0 Å². The Morgan fingerprint density at radius 1 is 1.33 bits per heavy atom. The van der Waals surface area contributed by atoms with Crippen molar-refractivity contribution in [3.05, 3.63) is 39.3 Å². The first-order valence-corrected chi connectivity index (χ1v) is 7.38. The quantitative estimate of drug-likeness (QED) is 0.717. The number of ether oxygens (including phenoxy) is 3. The molecule has 126 valence electrons. The van der Waals surface area contributed by atoms with Gasteiger partial charge in [-0.25, -0.2) is 14.0 Å². The standard InChI is InChI=1S/C15H12BrFN2O5/c1-22-14(20)9-6-24-7-19(13(9)15(21)23-2)12-4-11(17)8(5-18)3-10(12)16/h3-4H,6-7H2,1-2H3. The van der Waals surface area contributed by atoms with Crippen molar-refractivity contribution in [2.24, 2.45) is 0 Å². The number of carbonyl (C=O) groups excluding carboxylic acids is 2. The van der Waals surface area contributed by atoms with Crippen molar-refractivity contribution >= 4 is 33.6 Å². The van der Waals surface area contributed by atoms with Crippen molar-refractivity contribution in [1.82, 2.24) is 0 Å². The summed E-state index contributed by atoms with van der Waals surface area (Å²) in [6.45, 7) is -0.265. The zero-order valence-electron chi connectivity index (χ0n) is 12.8. The summed E-state index contributed by atoms with van der Waals surface area (Å²) in [7, 11) is 2.33. The SMILES string of the molecule is COC(=O)C1=C(C(=O)OC)N(c2cc(F)c(C#N)cc2Br)COC1. The van der Waals surface area contributed by atoms with Crippen LogP contribution < -0.4 is 4.90 Å². The normalized spacial score (nSPS) is 14.2. The van der Waals surface area contributed by atoms with Crippen LogP contribution in [-0.2, 0) is 23.8 Å². The van der Waals surface area contributed by atoms with Gasteiger partial charge < -0.3 is 19.1 Å². The second-order valence-electron chi connectivity index (χ2n) is 4.61. The molecular formula is C15H12BrFN2O5. The lowest BCUT2D eigenvalue weighted by atomic mass is 10.1. The lowest BCUT2D eigenvalue weighted by Gasteiger charge is -2.32. The maximum atomic E-state index is 14.0. The molecule has 1 aliphatic rings. The van der Waals surface area contributed by atoms with Gasteiger partial charge in [0.1, 0.15) is 24.3 Å². The van der Waals surface area contributed by atoms with Crippen molar-refractivity contribution in [1.29, 1.82) is 5.26 Å². The molecule has 24 heavy (non-hydrogen) atoms. The van der Waals surface area contributed by atoms with Gasteiger partial charge in [-0.3, -0.25) is 0 Å². The fourth-order valence-electron chi connectivity index (χ4n) is 2.16. The molecule has 0 saturated heterocycles. The topological polar surface area (TPSA) is 88.9 Å². The van der Waals surface area contributed by atoms with Crippen molar-refractivity contribution in [3.8, 4) is 6.07 Å². The van der Waals surface area contributed by atoms with E-state index in [4.69, 9.17) is 14.7 Å². The van der Waals surface area contributed by atoms with Gasteiger partial charge in [0.2, 0.25) is 0 Å². The van der Waals surface area contributed by atoms with Gasteiger partial charge in [-0.2, -0.15) is 5.26 Å². The van der Waals surface area contributed by atoms with Crippen LogP contribution in [0.25, 0.3) is 0 Å². The molecule has 2 rings (SSSR count). The van der Waals surface area contributed by atoms with Crippen molar-refractivity contribution in [3.63, 3.8) is 0 Å². The first-order valence-electron chi connectivity index (χ1n) is 6.58. The maximum Gasteiger partial charge on any atom is 0.355 e. The van der Waals surface area contributed by atoms with E-state index in [2.05, 4.69) is 20.7 Å². The molecule has 0 aliphatic carbocycles. The molecule has 0 radical (unpaired) electrons. The first-order chi connectivity index (χ1) is 11.4. The summed E-state index contributed by atoms with van der Waals surface area (Å²) in [5, 5.41) is 8.88. The van der Waals surface area contributed by atoms with Gasteiger partial charge in [-0.1, -0.05) is 0 Å². The number of esters is 2. The molecule has 7 nitrogen and oxygen atoms in total. The molecule has 1 aromatic rings. The highest BCUT2D eigenvalue weighted by atomic mass is 79.9. The number of anilines is 1. The van der Waals surface area contributed by atoms with Gasteiger partial charge >= 0.3 is 11.9 Å². The van der Waals surface area contributed by atoms with Gasteiger partial charge in [0.05, 0.1) is 37.7 Å². The van der Waals surface area contributed by atoms with Crippen molar-refractivity contribution < 1.29 is 28.2 Å². The highest BCUT2D eigenvalue weighted by Crippen LogP contribution is 2.34. The van der Waals surface area contributed by atoms with Crippen LogP contribution in [0.15, 0.2) is 27.9 Å². The van der Waals surface area contributed by atoms with Crippen molar-refractivity contribution in [2.75, 3.05) is 32.5 Å². The van der Waals surface area contributed by atoms with Crippen LogP contribution in [-0.4, -0.2) is 39.5 Å². The summed E-state index contributed by atoms with van der Waals surface area (Å²) < 4.78 is 29.0. The number of rotatable bonds is 3. The summed E-state index contributed by atoms with van der Waals surface area (Å²) >= 11 is 3.22. The van der Waals surface area contributed by atoms with Crippen molar-refractivity contribution in [2.45, 2.75) is 0 Å². The van der Waals surface area contributed by atoms with Crippen LogP contribution in [0.2, 0.25) is 0 Å². The van der Waals surface area contributed by atoms with Crippen LogP contribution in [0, 0.1) is 17.1 Å². The number of nitrogens with zero attached hydrogens (tertiary/aromatic N) is 2. The molecule has 0 aromatic heterocycles. The average Bonchev–Trinajstić information content (AvgIpc) is 2.61. The zero-order valence-corrected chi connectivity index (χ0v) is 14.3. The van der Waals surface area contributed by atoms with E-state index in [9.17, 15) is 14.0 Å². The number of carbonyl (C=O) groups is 2. The Bertz CT molecular complexity index is 772. The molecule has 0 amide bonds. The molecule has 0 spiro atoms. The van der Waals surface area contributed by atoms with Gasteiger partial charge in [0.15, 0.2) is 0 Å². The Balaban J connectivity index is 2.64. The lowest BCUT2D eigenvalue weighted by Crippen LogP contribution is -2.39. The first kappa shape index (κ1) is 17.9. The summed E-state index contributed by atoms with van der Waals surface area (Å²) in [5.74, 6) is -2.33. The van der Waals surface area contributed by atoms with Gasteiger partial charge in [-0.15, -0.1) is 0 Å². The van der Waals surface area contributed by atoms with E-state index >= 15 is 0 Å². The third-order valence-corrected chi connectivity index (χ3v) is 3.92. The molecule has 0 bridgehead atoms. The Hall–Kier alpha value is -2.44. The largest absolute Gasteiger partial charge is 0.466 e. The summed E-state index contributed by atoms with van der Waals surface area (Å²) in [6, 6.07) is 4.05. The van der Waals surface area contributed by atoms with E-state index in [1.54, 1.807) is 6.07 Å². The second-order valence-corrected chi connectivity index (χ2v) is 5.47. The predicted octanol–water partition coefficient (Wildman–Crippen LogP) is 1.85. The Morgan fingerprint density at radius 3 is 2.58 bits per heavy atom. The fraction of sp³-hybridized carbons (Fsp3) is 0.267. The predicted molar refractivity (Wildman–Crippen MR) is 83.2 cm³/mol. The summed E-state index contributed by atoms with van der Waals surface area (Å²) in [5.41, 5.74) is -0.124. The second kappa shape index (κ2) is 7.42. The summed E-state index contributed by atoms with van der Waals surface area (Å²) in [6.07, 6.45) is 0. The zero-order chi connectivity index (χ0) is 17.9. The molecule has 0 fully saturated rings. The number of hydrogen-bond acceptors (Lipinski definition) is 7. The van der Waals surface area contributed by atoms with Gasteiger partial charge in [-0.05, 0) is 22.0 Å². The van der Waals surface area contributed by atoms with E-state index < -0.39 is 17.8 Å². The fourth-order valence-corrected chi connectivity index (χ4v) is 2.72. The molecule has 1 aliphatic heterocycles. The molecule has 1 aromatic carbocycles. The molecule has 0 atom stereocenters. The molecular weight excluding hydrogens is 387 g/mol. The van der Waals surface area contributed by atoms with Crippen LogP contribution in [0.4, 0.5) is 10.1 Å². The maximum absolute atomic E-state index is 14.0. The van der Waals surface area contributed by atoms with E-state index in [0.29, 0.717) is 4.47 Å². The van der Waals surface area contributed by atoms with Crippen LogP contribution in [0.3, 0.4) is 0 Å². The Kier molecular flexibility index (Phi) is 5.54. The smallest absolute Gasteiger partial charge is 0.355 e. The van der Waals surface area contributed by atoms with E-state index in [1.165, 1.54) is 18.1 Å². The molecule has 0 N–H and O–H groups in total. The molecule has 1 heterocycles. The van der Waals surface area contributed by atoms with E-state index in [0.717, 1.165) is 13.2 Å². The third kappa shape index (κ3) is 3.25. The minimum absolute atomic E-state index is 0.0488. The van der Waals surface area contributed by atoms with Crippen LogP contribution >= 0.6 is 15.9 Å². The van der Waals surface area contributed by atoms with E-state index in [1.807, 2.05) is 0 Å². The van der Waals surface area contributed by atoms with Crippen LogP contribution in [0.1, 0.15) is 5.56 Å². The number of halogens is 2. The molecule has 9 heteroatoms. The summed E-state index contributed by atoms with van der Waals surface area (Å²) in [4.78, 5) is 25.3. The number of nitriles is 1. The number of hydrogen-bond donors (Lipinski definition) is 0. The third-order valence-electron chi connectivity index (χ3n) is 3.28. The molecule has 0 saturated carbocycles. The number of methoxy groups -OCH3 is 2. The molecule has 0 unspecified atom stereocenters. The monoisotopic (exact) mass is 398 g/mol. The Labute approximate surface area is 145 Å².